The summed E-state index contributed by atoms with van der Waals surface area (Å²) < 4.78 is 4.76. The van der Waals surface area contributed by atoms with Gasteiger partial charge in [-0.25, -0.2) is 4.79 Å². The Morgan fingerprint density at radius 3 is 2.37 bits per heavy atom. The van der Waals surface area contributed by atoms with Crippen molar-refractivity contribution in [1.29, 1.82) is 0 Å². The molecule has 1 atom stereocenters. The quantitative estimate of drug-likeness (QED) is 0.490. The lowest BCUT2D eigenvalue weighted by Crippen LogP contribution is -2.42. The highest BCUT2D eigenvalue weighted by Gasteiger charge is 2.32. The fourth-order valence-electron chi connectivity index (χ4n) is 2.16. The minimum absolute atomic E-state index is 0.0152. The van der Waals surface area contributed by atoms with E-state index in [0.29, 0.717) is 6.42 Å². The van der Waals surface area contributed by atoms with E-state index in [1.165, 1.54) is 32.8 Å². The number of ether oxygens (including phenoxy) is 1. The Kier molecular flexibility index (Phi) is 7.53. The van der Waals surface area contributed by atoms with E-state index in [2.05, 4.69) is 12.2 Å². The van der Waals surface area contributed by atoms with E-state index in [9.17, 15) is 9.59 Å². The molecular weight excluding hydrogens is 242 g/mol. The van der Waals surface area contributed by atoms with E-state index in [1.54, 1.807) is 0 Å². The first-order valence-electron chi connectivity index (χ1n) is 7.57. The standard InChI is InChI=1S/C15H27NO3/c1-3-4-5-6-7-8-9-13(15(18)19-2)16-14(17)12-10-11-12/h12-13H,3-11H2,1-2H3,(H,16,17)/t13-/m1/s1. The second kappa shape index (κ2) is 8.94. The van der Waals surface area contributed by atoms with Crippen molar-refractivity contribution in [1.82, 2.24) is 5.32 Å². The van der Waals surface area contributed by atoms with Gasteiger partial charge < -0.3 is 10.1 Å². The third-order valence-electron chi connectivity index (χ3n) is 3.60. The summed E-state index contributed by atoms with van der Waals surface area (Å²) in [6.07, 6.45) is 9.67. The molecule has 0 aromatic heterocycles. The summed E-state index contributed by atoms with van der Waals surface area (Å²) in [5, 5.41) is 2.82. The summed E-state index contributed by atoms with van der Waals surface area (Å²) in [6, 6.07) is -0.454. The molecule has 0 aliphatic heterocycles. The lowest BCUT2D eigenvalue weighted by Gasteiger charge is -2.16. The van der Waals surface area contributed by atoms with Crippen molar-refractivity contribution >= 4 is 11.9 Å². The van der Waals surface area contributed by atoms with Crippen molar-refractivity contribution in [3.8, 4) is 0 Å². The molecule has 1 rings (SSSR count). The monoisotopic (exact) mass is 269 g/mol. The van der Waals surface area contributed by atoms with Gasteiger partial charge in [-0.1, -0.05) is 45.4 Å². The number of amides is 1. The SMILES string of the molecule is CCCCCCCC[C@@H](NC(=O)C1CC1)C(=O)OC. The maximum absolute atomic E-state index is 11.7. The lowest BCUT2D eigenvalue weighted by atomic mass is 10.1. The van der Waals surface area contributed by atoms with Crippen molar-refractivity contribution in [3.63, 3.8) is 0 Å². The van der Waals surface area contributed by atoms with Crippen LogP contribution in [0.3, 0.4) is 0 Å². The summed E-state index contributed by atoms with van der Waals surface area (Å²) >= 11 is 0. The molecule has 0 bridgehead atoms. The molecule has 0 unspecified atom stereocenters. The van der Waals surface area contributed by atoms with E-state index in [1.807, 2.05) is 0 Å². The zero-order valence-corrected chi connectivity index (χ0v) is 12.2. The minimum atomic E-state index is -0.454. The van der Waals surface area contributed by atoms with E-state index >= 15 is 0 Å². The molecule has 0 saturated heterocycles. The van der Waals surface area contributed by atoms with Crippen molar-refractivity contribution < 1.29 is 14.3 Å². The van der Waals surface area contributed by atoms with Crippen LogP contribution in [-0.2, 0) is 14.3 Å². The second-order valence-electron chi connectivity index (χ2n) is 5.42. The Morgan fingerprint density at radius 2 is 1.79 bits per heavy atom. The number of hydrogen-bond acceptors (Lipinski definition) is 3. The molecule has 1 N–H and O–H groups in total. The number of carbonyl (C=O) groups is 2. The summed E-state index contributed by atoms with van der Waals surface area (Å²) in [5.74, 6) is -0.166. The van der Waals surface area contributed by atoms with Crippen LogP contribution in [0.15, 0.2) is 0 Å². The molecule has 0 heterocycles. The summed E-state index contributed by atoms with van der Waals surface area (Å²) in [7, 11) is 1.37. The minimum Gasteiger partial charge on any atom is -0.467 e. The molecule has 1 fully saturated rings. The van der Waals surface area contributed by atoms with E-state index in [4.69, 9.17) is 4.74 Å². The van der Waals surface area contributed by atoms with E-state index < -0.39 is 6.04 Å². The number of carbonyl (C=O) groups excluding carboxylic acids is 2. The first-order valence-corrected chi connectivity index (χ1v) is 7.57. The fourth-order valence-corrected chi connectivity index (χ4v) is 2.16. The Hall–Kier alpha value is -1.06. The normalized spacial score (nSPS) is 15.9. The van der Waals surface area contributed by atoms with Crippen molar-refractivity contribution in [2.24, 2.45) is 5.92 Å². The molecular formula is C15H27NO3. The van der Waals surface area contributed by atoms with Crippen molar-refractivity contribution in [3.05, 3.63) is 0 Å². The Labute approximate surface area is 116 Å². The molecule has 1 saturated carbocycles. The number of rotatable bonds is 10. The molecule has 0 radical (unpaired) electrons. The van der Waals surface area contributed by atoms with Crippen LogP contribution >= 0.6 is 0 Å². The van der Waals surface area contributed by atoms with Gasteiger partial charge in [0.25, 0.3) is 0 Å². The maximum atomic E-state index is 11.7. The largest absolute Gasteiger partial charge is 0.467 e. The third-order valence-corrected chi connectivity index (χ3v) is 3.60. The smallest absolute Gasteiger partial charge is 0.328 e. The van der Waals surface area contributed by atoms with E-state index in [0.717, 1.165) is 25.7 Å². The Balaban J connectivity index is 2.21. The molecule has 1 amide bonds. The zero-order valence-electron chi connectivity index (χ0n) is 12.2. The Morgan fingerprint density at radius 1 is 1.16 bits per heavy atom. The highest BCUT2D eigenvalue weighted by atomic mass is 16.5. The van der Waals surface area contributed by atoms with Crippen molar-refractivity contribution in [2.45, 2.75) is 70.8 Å². The Bertz CT molecular complexity index is 287. The van der Waals surface area contributed by atoms with Crippen LogP contribution in [0.5, 0.6) is 0 Å². The van der Waals surface area contributed by atoms with Crippen LogP contribution < -0.4 is 5.32 Å². The molecule has 110 valence electrons. The van der Waals surface area contributed by atoms with Gasteiger partial charge in [-0.15, -0.1) is 0 Å². The van der Waals surface area contributed by atoms with Crippen LogP contribution in [-0.4, -0.2) is 25.0 Å². The maximum Gasteiger partial charge on any atom is 0.328 e. The molecule has 1 aliphatic carbocycles. The van der Waals surface area contributed by atoms with Crippen LogP contribution in [0.1, 0.15) is 64.7 Å². The fraction of sp³-hybridized carbons (Fsp3) is 0.867. The highest BCUT2D eigenvalue weighted by molar-refractivity contribution is 5.86. The highest BCUT2D eigenvalue weighted by Crippen LogP contribution is 2.29. The predicted molar refractivity (Wildman–Crippen MR) is 74.7 cm³/mol. The molecule has 4 nitrogen and oxygen atoms in total. The number of esters is 1. The summed E-state index contributed by atoms with van der Waals surface area (Å²) in [4.78, 5) is 23.3. The molecule has 4 heteroatoms. The summed E-state index contributed by atoms with van der Waals surface area (Å²) in [5.41, 5.74) is 0. The van der Waals surface area contributed by atoms with E-state index in [-0.39, 0.29) is 17.8 Å². The average Bonchev–Trinajstić information content (AvgIpc) is 3.24. The number of methoxy groups -OCH3 is 1. The summed E-state index contributed by atoms with van der Waals surface area (Å²) in [6.45, 7) is 2.20. The van der Waals surface area contributed by atoms with Crippen LogP contribution in [0, 0.1) is 5.92 Å². The first-order chi connectivity index (χ1) is 9.19. The van der Waals surface area contributed by atoms with Crippen LogP contribution in [0.4, 0.5) is 0 Å². The van der Waals surface area contributed by atoms with Gasteiger partial charge in [0.2, 0.25) is 5.91 Å². The molecule has 0 spiro atoms. The van der Waals surface area contributed by atoms with Crippen LogP contribution in [0.2, 0.25) is 0 Å². The molecule has 19 heavy (non-hydrogen) atoms. The lowest BCUT2D eigenvalue weighted by molar-refractivity contribution is -0.145. The second-order valence-corrected chi connectivity index (χ2v) is 5.42. The number of nitrogens with one attached hydrogen (secondary N) is 1. The predicted octanol–water partition coefficient (Wildman–Crippen LogP) is 2.80. The van der Waals surface area contributed by atoms with Gasteiger partial charge in [-0.3, -0.25) is 4.79 Å². The van der Waals surface area contributed by atoms with Gasteiger partial charge in [-0.05, 0) is 19.3 Å². The van der Waals surface area contributed by atoms with Gasteiger partial charge in [0.1, 0.15) is 6.04 Å². The molecule has 0 aromatic carbocycles. The van der Waals surface area contributed by atoms with Crippen molar-refractivity contribution in [2.75, 3.05) is 7.11 Å². The van der Waals surface area contributed by atoms with Crippen LogP contribution in [0.25, 0.3) is 0 Å². The number of hydrogen-bond donors (Lipinski definition) is 1. The molecule has 1 aliphatic rings. The zero-order chi connectivity index (χ0) is 14.1. The average molecular weight is 269 g/mol. The number of unbranched alkanes of at least 4 members (excludes halogenated alkanes) is 5. The van der Waals surface area contributed by atoms with Gasteiger partial charge >= 0.3 is 5.97 Å². The van der Waals surface area contributed by atoms with Gasteiger partial charge in [0, 0.05) is 5.92 Å². The van der Waals surface area contributed by atoms with Gasteiger partial charge in [-0.2, -0.15) is 0 Å². The topological polar surface area (TPSA) is 55.4 Å². The van der Waals surface area contributed by atoms with Gasteiger partial charge in [0.15, 0.2) is 0 Å². The first kappa shape index (κ1) is 16.0. The molecule has 0 aromatic rings. The third kappa shape index (κ3) is 6.60. The van der Waals surface area contributed by atoms with Gasteiger partial charge in [0.05, 0.1) is 7.11 Å².